The Morgan fingerprint density at radius 2 is 1.65 bits per heavy atom. The van der Waals surface area contributed by atoms with E-state index in [1.165, 1.54) is 12.8 Å². The SMILES string of the molecule is CCCCN(C(O[Si](C)(OC)OC)[SiH](C)C)C(C)(C)C. The molecule has 0 N–H and O–H groups in total. The fourth-order valence-corrected chi connectivity index (χ4v) is 6.20. The van der Waals surface area contributed by atoms with Crippen molar-refractivity contribution >= 4 is 17.6 Å². The van der Waals surface area contributed by atoms with Gasteiger partial charge in [0.2, 0.25) is 0 Å². The Bertz CT molecular complexity index is 266. The van der Waals surface area contributed by atoms with Crippen LogP contribution in [0.25, 0.3) is 0 Å². The lowest BCUT2D eigenvalue weighted by Gasteiger charge is -2.45. The first-order chi connectivity index (χ1) is 9.11. The van der Waals surface area contributed by atoms with Crippen molar-refractivity contribution in [2.45, 2.75) is 71.6 Å². The zero-order valence-corrected chi connectivity index (χ0v) is 17.1. The van der Waals surface area contributed by atoms with Gasteiger partial charge in [-0.1, -0.05) is 26.4 Å². The van der Waals surface area contributed by atoms with Gasteiger partial charge < -0.3 is 13.3 Å². The van der Waals surface area contributed by atoms with Gasteiger partial charge in [-0.15, -0.1) is 0 Å². The third-order valence-corrected chi connectivity index (χ3v) is 7.63. The molecule has 0 aliphatic heterocycles. The molecule has 6 heteroatoms. The highest BCUT2D eigenvalue weighted by atomic mass is 28.4. The number of unbranched alkanes of at least 4 members (excludes halogenated alkanes) is 1. The molecule has 0 spiro atoms. The predicted octanol–water partition coefficient (Wildman–Crippen LogP) is 3.12. The van der Waals surface area contributed by atoms with Crippen LogP contribution in [0.2, 0.25) is 19.6 Å². The van der Waals surface area contributed by atoms with Crippen LogP contribution in [-0.4, -0.2) is 54.7 Å². The molecule has 0 radical (unpaired) electrons. The molecule has 0 heterocycles. The van der Waals surface area contributed by atoms with E-state index >= 15 is 0 Å². The summed E-state index contributed by atoms with van der Waals surface area (Å²) in [6.45, 7) is 16.7. The van der Waals surface area contributed by atoms with Crippen LogP contribution in [0.4, 0.5) is 0 Å². The van der Waals surface area contributed by atoms with Gasteiger partial charge >= 0.3 is 8.80 Å². The molecule has 0 aromatic rings. The topological polar surface area (TPSA) is 30.9 Å². The fourth-order valence-electron chi connectivity index (χ4n) is 2.13. The van der Waals surface area contributed by atoms with E-state index in [4.69, 9.17) is 13.3 Å². The zero-order chi connectivity index (χ0) is 16.0. The molecule has 0 saturated carbocycles. The van der Waals surface area contributed by atoms with Crippen molar-refractivity contribution in [2.75, 3.05) is 20.8 Å². The van der Waals surface area contributed by atoms with Gasteiger partial charge in [0.1, 0.15) is 0 Å². The molecule has 0 aliphatic carbocycles. The first-order valence-electron chi connectivity index (χ1n) is 7.66. The van der Waals surface area contributed by atoms with Crippen molar-refractivity contribution in [3.63, 3.8) is 0 Å². The lowest BCUT2D eigenvalue weighted by molar-refractivity contribution is -0.0304. The van der Waals surface area contributed by atoms with E-state index in [9.17, 15) is 0 Å². The lowest BCUT2D eigenvalue weighted by Crippen LogP contribution is -2.59. The Morgan fingerprint density at radius 3 is 1.95 bits per heavy atom. The highest BCUT2D eigenvalue weighted by molar-refractivity contribution is 6.62. The molecule has 0 fully saturated rings. The summed E-state index contributed by atoms with van der Waals surface area (Å²) in [4.78, 5) is 2.50. The Hall–Kier alpha value is 0.274. The van der Waals surface area contributed by atoms with Crippen LogP contribution in [0.3, 0.4) is 0 Å². The highest BCUT2D eigenvalue weighted by Gasteiger charge is 2.41. The second-order valence-electron chi connectivity index (χ2n) is 6.74. The van der Waals surface area contributed by atoms with Crippen molar-refractivity contribution in [2.24, 2.45) is 0 Å². The number of hydrogen-bond acceptors (Lipinski definition) is 4. The second kappa shape index (κ2) is 8.65. The molecule has 122 valence electrons. The summed E-state index contributed by atoms with van der Waals surface area (Å²) in [5.74, 6) is 0.151. The van der Waals surface area contributed by atoms with Crippen LogP contribution >= 0.6 is 0 Å². The Kier molecular flexibility index (Phi) is 8.77. The van der Waals surface area contributed by atoms with Gasteiger partial charge in [0.25, 0.3) is 0 Å². The number of hydrogen-bond donors (Lipinski definition) is 0. The molecule has 1 atom stereocenters. The molecular weight excluding hydrogens is 286 g/mol. The maximum Gasteiger partial charge on any atom is 0.498 e. The molecule has 20 heavy (non-hydrogen) atoms. The maximum atomic E-state index is 6.37. The van der Waals surface area contributed by atoms with Gasteiger partial charge in [-0.2, -0.15) is 0 Å². The zero-order valence-electron chi connectivity index (χ0n) is 14.9. The molecule has 0 aromatic heterocycles. The Morgan fingerprint density at radius 1 is 1.15 bits per heavy atom. The van der Waals surface area contributed by atoms with Crippen molar-refractivity contribution < 1.29 is 13.3 Å². The van der Waals surface area contributed by atoms with E-state index in [1.807, 2.05) is 6.55 Å². The predicted molar refractivity (Wildman–Crippen MR) is 90.8 cm³/mol. The summed E-state index contributed by atoms with van der Waals surface area (Å²) in [5, 5.41) is 0. The summed E-state index contributed by atoms with van der Waals surface area (Å²) in [6.07, 6.45) is 2.39. The Labute approximate surface area is 128 Å². The fraction of sp³-hybridized carbons (Fsp3) is 1.00. The monoisotopic (exact) mass is 321 g/mol. The summed E-state index contributed by atoms with van der Waals surface area (Å²) < 4.78 is 17.4. The van der Waals surface area contributed by atoms with E-state index in [2.05, 4.69) is 45.7 Å². The standard InChI is InChI=1S/C14H35NO3Si2/c1-10-11-12-15(14(2,3)4)13(19(7)8)18-20(9,16-5)17-6/h13,19H,10-12H2,1-9H3. The summed E-state index contributed by atoms with van der Waals surface area (Å²) in [7, 11) is -0.181. The minimum absolute atomic E-state index is 0.0912. The van der Waals surface area contributed by atoms with E-state index in [1.54, 1.807) is 14.2 Å². The van der Waals surface area contributed by atoms with Crippen LogP contribution in [0.1, 0.15) is 40.5 Å². The first kappa shape index (κ1) is 20.3. The molecule has 0 rings (SSSR count). The number of nitrogens with zero attached hydrogens (tertiary/aromatic N) is 1. The van der Waals surface area contributed by atoms with Crippen LogP contribution in [0, 0.1) is 0 Å². The molecule has 0 saturated heterocycles. The molecular formula is C14H35NO3Si2. The van der Waals surface area contributed by atoms with Gasteiger partial charge in [-0.25, -0.2) is 0 Å². The summed E-state index contributed by atoms with van der Waals surface area (Å²) in [6, 6.07) is 0. The average molecular weight is 322 g/mol. The third kappa shape index (κ3) is 6.36. The lowest BCUT2D eigenvalue weighted by atomic mass is 10.1. The third-order valence-electron chi connectivity index (χ3n) is 3.57. The van der Waals surface area contributed by atoms with Crippen molar-refractivity contribution in [3.8, 4) is 0 Å². The first-order valence-corrected chi connectivity index (χ1v) is 12.9. The second-order valence-corrected chi connectivity index (χ2v) is 12.6. The minimum atomic E-state index is -2.51. The molecule has 1 unspecified atom stereocenters. The smallest absolute Gasteiger partial charge is 0.377 e. The molecule has 4 nitrogen and oxygen atoms in total. The van der Waals surface area contributed by atoms with Crippen LogP contribution in [-0.2, 0) is 13.3 Å². The van der Waals surface area contributed by atoms with Crippen LogP contribution < -0.4 is 0 Å². The van der Waals surface area contributed by atoms with Gasteiger partial charge in [-0.3, -0.25) is 4.90 Å². The van der Waals surface area contributed by atoms with Crippen LogP contribution in [0.15, 0.2) is 0 Å². The van der Waals surface area contributed by atoms with E-state index in [0.717, 1.165) is 6.54 Å². The quantitative estimate of drug-likeness (QED) is 0.482. The summed E-state index contributed by atoms with van der Waals surface area (Å²) >= 11 is 0. The van der Waals surface area contributed by atoms with Gasteiger partial charge in [0.15, 0.2) is 0 Å². The maximum absolute atomic E-state index is 6.37. The number of rotatable bonds is 9. The molecule has 0 amide bonds. The minimum Gasteiger partial charge on any atom is -0.377 e. The molecule has 0 aromatic carbocycles. The van der Waals surface area contributed by atoms with E-state index < -0.39 is 17.6 Å². The highest BCUT2D eigenvalue weighted by Crippen LogP contribution is 2.23. The average Bonchev–Trinajstić information content (AvgIpc) is 2.35. The molecule has 0 aliphatic rings. The summed E-state index contributed by atoms with van der Waals surface area (Å²) in [5.41, 5.74) is 0.0912. The normalized spacial score (nSPS) is 15.2. The van der Waals surface area contributed by atoms with E-state index in [0.29, 0.717) is 0 Å². The van der Waals surface area contributed by atoms with Gasteiger partial charge in [0, 0.05) is 32.9 Å². The van der Waals surface area contributed by atoms with E-state index in [-0.39, 0.29) is 11.4 Å². The van der Waals surface area contributed by atoms with Gasteiger partial charge in [0.05, 0.1) is 14.6 Å². The Balaban J connectivity index is 5.18. The van der Waals surface area contributed by atoms with Crippen LogP contribution in [0.5, 0.6) is 0 Å². The van der Waals surface area contributed by atoms with Gasteiger partial charge in [-0.05, 0) is 27.2 Å². The van der Waals surface area contributed by atoms with Crippen molar-refractivity contribution in [3.05, 3.63) is 0 Å². The van der Waals surface area contributed by atoms with Crippen molar-refractivity contribution in [1.29, 1.82) is 0 Å². The van der Waals surface area contributed by atoms with Crippen molar-refractivity contribution in [1.82, 2.24) is 4.90 Å². The molecule has 0 bridgehead atoms. The largest absolute Gasteiger partial charge is 0.498 e.